The Kier molecular flexibility index (Phi) is 5.53. The van der Waals surface area contributed by atoms with E-state index in [4.69, 9.17) is 5.73 Å². The molecule has 0 saturated heterocycles. The molecule has 1 nitrogen and oxygen atoms in total. The molecule has 1 aromatic rings. The Labute approximate surface area is 110 Å². The molecule has 2 unspecified atom stereocenters. The van der Waals surface area contributed by atoms with Gasteiger partial charge in [0, 0.05) is 16.8 Å². The number of nitrogens with two attached hydrogens (primary N) is 1. The summed E-state index contributed by atoms with van der Waals surface area (Å²) in [7, 11) is 0. The molecule has 0 aliphatic carbocycles. The normalized spacial score (nSPS) is 15.0. The van der Waals surface area contributed by atoms with Crippen molar-refractivity contribution in [3.05, 3.63) is 34.1 Å². The van der Waals surface area contributed by atoms with Crippen molar-refractivity contribution in [3.8, 4) is 0 Å². The van der Waals surface area contributed by atoms with E-state index in [0.29, 0.717) is 5.56 Å². The van der Waals surface area contributed by atoms with Gasteiger partial charge in [0.2, 0.25) is 0 Å². The van der Waals surface area contributed by atoms with Crippen molar-refractivity contribution in [2.45, 2.75) is 26.4 Å². The molecule has 2 N–H and O–H groups in total. The average Bonchev–Trinajstić information content (AvgIpc) is 2.24. The zero-order valence-corrected chi connectivity index (χ0v) is 11.7. The molecule has 0 aromatic heterocycles. The summed E-state index contributed by atoms with van der Waals surface area (Å²) in [6, 6.07) is 4.57. The Morgan fingerprint density at radius 1 is 1.35 bits per heavy atom. The van der Waals surface area contributed by atoms with E-state index in [1.807, 2.05) is 13.8 Å². The predicted octanol–water partition coefficient (Wildman–Crippen LogP) is 3.70. The molecule has 1 aromatic carbocycles. The zero-order valence-electron chi connectivity index (χ0n) is 10.1. The second-order valence-electron chi connectivity index (χ2n) is 4.60. The minimum Gasteiger partial charge on any atom is -0.330 e. The molecule has 4 heteroatoms. The molecule has 0 heterocycles. The zero-order chi connectivity index (χ0) is 13.0. The van der Waals surface area contributed by atoms with Crippen LogP contribution < -0.4 is 5.73 Å². The quantitative estimate of drug-likeness (QED) is 0.882. The lowest BCUT2D eigenvalue weighted by atomic mass is 9.88. The summed E-state index contributed by atoms with van der Waals surface area (Å²) in [6.07, 6.45) is -1.03. The minimum absolute atomic E-state index is 0.0747. The fourth-order valence-electron chi connectivity index (χ4n) is 1.90. The Bertz CT molecular complexity index is 368. The first kappa shape index (κ1) is 14.6. The summed E-state index contributed by atoms with van der Waals surface area (Å²) in [5, 5.41) is 0. The standard InChI is InChI=1S/C13H18BrF2N/c1-8(2)11(7-17)13(16)6-9-5-10(14)3-4-12(9)15/h3-5,8,11,13H,6-7,17H2,1-2H3. The second-order valence-corrected chi connectivity index (χ2v) is 5.52. The first-order valence-electron chi connectivity index (χ1n) is 5.73. The molecule has 17 heavy (non-hydrogen) atoms. The molecule has 0 aliphatic heterocycles. The third kappa shape index (κ3) is 4.03. The van der Waals surface area contributed by atoms with Crippen molar-refractivity contribution in [1.29, 1.82) is 0 Å². The van der Waals surface area contributed by atoms with Crippen LogP contribution >= 0.6 is 15.9 Å². The topological polar surface area (TPSA) is 26.0 Å². The van der Waals surface area contributed by atoms with Gasteiger partial charge in [-0.3, -0.25) is 0 Å². The van der Waals surface area contributed by atoms with Crippen LogP contribution in [-0.4, -0.2) is 12.7 Å². The van der Waals surface area contributed by atoms with Gasteiger partial charge in [0.1, 0.15) is 12.0 Å². The van der Waals surface area contributed by atoms with E-state index < -0.39 is 6.17 Å². The summed E-state index contributed by atoms with van der Waals surface area (Å²) >= 11 is 3.26. The highest BCUT2D eigenvalue weighted by atomic mass is 79.9. The molecule has 0 saturated carbocycles. The van der Waals surface area contributed by atoms with Crippen LogP contribution in [0.2, 0.25) is 0 Å². The van der Waals surface area contributed by atoms with Gasteiger partial charge in [-0.2, -0.15) is 0 Å². The Hall–Kier alpha value is -0.480. The van der Waals surface area contributed by atoms with Gasteiger partial charge in [-0.1, -0.05) is 29.8 Å². The van der Waals surface area contributed by atoms with Gasteiger partial charge in [-0.25, -0.2) is 8.78 Å². The molecule has 0 radical (unpaired) electrons. The molecule has 2 atom stereocenters. The number of hydrogen-bond donors (Lipinski definition) is 1. The molecule has 0 spiro atoms. The smallest absolute Gasteiger partial charge is 0.126 e. The average molecular weight is 306 g/mol. The van der Waals surface area contributed by atoms with Gasteiger partial charge >= 0.3 is 0 Å². The molecule has 0 fully saturated rings. The van der Waals surface area contributed by atoms with Crippen LogP contribution in [0.25, 0.3) is 0 Å². The maximum Gasteiger partial charge on any atom is 0.126 e. The Morgan fingerprint density at radius 3 is 2.53 bits per heavy atom. The Morgan fingerprint density at radius 2 is 2.00 bits per heavy atom. The molecule has 96 valence electrons. The van der Waals surface area contributed by atoms with Crippen molar-refractivity contribution in [1.82, 2.24) is 0 Å². The van der Waals surface area contributed by atoms with Crippen LogP contribution in [0.4, 0.5) is 8.78 Å². The second kappa shape index (κ2) is 6.45. The lowest BCUT2D eigenvalue weighted by Crippen LogP contribution is -2.31. The fraction of sp³-hybridized carbons (Fsp3) is 0.538. The van der Waals surface area contributed by atoms with Crippen LogP contribution in [0.15, 0.2) is 22.7 Å². The van der Waals surface area contributed by atoms with Crippen molar-refractivity contribution >= 4 is 15.9 Å². The third-order valence-electron chi connectivity index (χ3n) is 3.02. The van der Waals surface area contributed by atoms with Gasteiger partial charge < -0.3 is 5.73 Å². The third-order valence-corrected chi connectivity index (χ3v) is 3.51. The van der Waals surface area contributed by atoms with Crippen LogP contribution in [-0.2, 0) is 6.42 Å². The highest BCUT2D eigenvalue weighted by Gasteiger charge is 2.24. The summed E-state index contributed by atoms with van der Waals surface area (Å²) in [5.41, 5.74) is 5.95. The van der Waals surface area contributed by atoms with E-state index >= 15 is 0 Å². The molecule has 0 amide bonds. The highest BCUT2D eigenvalue weighted by molar-refractivity contribution is 9.10. The monoisotopic (exact) mass is 305 g/mol. The van der Waals surface area contributed by atoms with Crippen LogP contribution in [0, 0.1) is 17.7 Å². The maximum atomic E-state index is 14.1. The number of halogens is 3. The molecular weight excluding hydrogens is 288 g/mol. The molecule has 0 bridgehead atoms. The molecule has 1 rings (SSSR count). The van der Waals surface area contributed by atoms with E-state index in [0.717, 1.165) is 4.47 Å². The Balaban J connectivity index is 2.79. The van der Waals surface area contributed by atoms with Crippen molar-refractivity contribution in [3.63, 3.8) is 0 Å². The van der Waals surface area contributed by atoms with E-state index in [1.54, 1.807) is 12.1 Å². The predicted molar refractivity (Wildman–Crippen MR) is 70.1 cm³/mol. The van der Waals surface area contributed by atoms with Crippen LogP contribution in [0.1, 0.15) is 19.4 Å². The van der Waals surface area contributed by atoms with E-state index in [2.05, 4.69) is 15.9 Å². The lowest BCUT2D eigenvalue weighted by Gasteiger charge is -2.23. The molecule has 0 aliphatic rings. The lowest BCUT2D eigenvalue weighted by molar-refractivity contribution is 0.184. The SMILES string of the molecule is CC(C)C(CN)C(F)Cc1cc(Br)ccc1F. The first-order chi connectivity index (χ1) is 7.95. The van der Waals surface area contributed by atoms with E-state index in [1.165, 1.54) is 6.07 Å². The fourth-order valence-corrected chi connectivity index (χ4v) is 2.31. The first-order valence-corrected chi connectivity index (χ1v) is 6.53. The molecular formula is C13H18BrF2N. The van der Waals surface area contributed by atoms with Gasteiger partial charge in [-0.15, -0.1) is 0 Å². The van der Waals surface area contributed by atoms with Gasteiger partial charge in [0.05, 0.1) is 0 Å². The van der Waals surface area contributed by atoms with Gasteiger partial charge in [0.25, 0.3) is 0 Å². The number of rotatable bonds is 5. The summed E-state index contributed by atoms with van der Waals surface area (Å²) in [4.78, 5) is 0. The van der Waals surface area contributed by atoms with Crippen molar-refractivity contribution in [2.75, 3.05) is 6.54 Å². The van der Waals surface area contributed by atoms with Crippen molar-refractivity contribution in [2.24, 2.45) is 17.6 Å². The van der Waals surface area contributed by atoms with Gasteiger partial charge in [0.15, 0.2) is 0 Å². The number of hydrogen-bond acceptors (Lipinski definition) is 1. The summed E-state index contributed by atoms with van der Waals surface area (Å²) in [6.45, 7) is 4.15. The number of benzene rings is 1. The minimum atomic E-state index is -1.11. The van der Waals surface area contributed by atoms with E-state index in [-0.39, 0.29) is 30.6 Å². The maximum absolute atomic E-state index is 14.1. The largest absolute Gasteiger partial charge is 0.330 e. The van der Waals surface area contributed by atoms with Crippen molar-refractivity contribution < 1.29 is 8.78 Å². The van der Waals surface area contributed by atoms with Crippen LogP contribution in [0.5, 0.6) is 0 Å². The highest BCUT2D eigenvalue weighted by Crippen LogP contribution is 2.23. The summed E-state index contributed by atoms with van der Waals surface area (Å²) in [5.74, 6) is -0.436. The van der Waals surface area contributed by atoms with Crippen LogP contribution in [0.3, 0.4) is 0 Å². The number of alkyl halides is 1. The van der Waals surface area contributed by atoms with E-state index in [9.17, 15) is 8.78 Å². The summed E-state index contributed by atoms with van der Waals surface area (Å²) < 4.78 is 28.3. The van der Waals surface area contributed by atoms with Gasteiger partial charge in [-0.05, 0) is 36.2 Å².